The summed E-state index contributed by atoms with van der Waals surface area (Å²) in [5, 5.41) is 6.81. The van der Waals surface area contributed by atoms with Gasteiger partial charge in [-0.2, -0.15) is 0 Å². The zero-order chi connectivity index (χ0) is 19.8. The number of nitrogens with one attached hydrogen (secondary N) is 2. The first-order chi connectivity index (χ1) is 12.9. The summed E-state index contributed by atoms with van der Waals surface area (Å²) >= 11 is 0. The van der Waals surface area contributed by atoms with Crippen LogP contribution in [0.25, 0.3) is 0 Å². The SMILES string of the molecule is CN=C(NCC(C)Oc1ccccc1C)NC1CCN(C(=O)C(C)C)CC1.I. The van der Waals surface area contributed by atoms with Gasteiger partial charge in [-0.3, -0.25) is 9.79 Å². The van der Waals surface area contributed by atoms with Crippen molar-refractivity contribution < 1.29 is 9.53 Å². The molecule has 0 aromatic heterocycles. The number of halogens is 1. The summed E-state index contributed by atoms with van der Waals surface area (Å²) in [7, 11) is 1.78. The van der Waals surface area contributed by atoms with Crippen molar-refractivity contribution in [2.24, 2.45) is 10.9 Å². The fraction of sp³-hybridized carbons (Fsp3) is 0.619. The molecule has 1 amide bonds. The van der Waals surface area contributed by atoms with Gasteiger partial charge in [0.05, 0.1) is 6.54 Å². The zero-order valence-corrected chi connectivity index (χ0v) is 20.0. The third-order valence-corrected chi connectivity index (χ3v) is 4.84. The van der Waals surface area contributed by atoms with Gasteiger partial charge in [-0.25, -0.2) is 0 Å². The summed E-state index contributed by atoms with van der Waals surface area (Å²) in [4.78, 5) is 18.4. The molecule has 1 aliphatic rings. The molecule has 1 heterocycles. The van der Waals surface area contributed by atoms with Crippen molar-refractivity contribution in [1.82, 2.24) is 15.5 Å². The average molecular weight is 502 g/mol. The van der Waals surface area contributed by atoms with Gasteiger partial charge in [0.1, 0.15) is 11.9 Å². The fourth-order valence-electron chi connectivity index (χ4n) is 3.18. The van der Waals surface area contributed by atoms with Crippen LogP contribution in [-0.4, -0.2) is 55.6 Å². The molecule has 1 fully saturated rings. The van der Waals surface area contributed by atoms with Crippen LogP contribution in [-0.2, 0) is 4.79 Å². The Morgan fingerprint density at radius 3 is 2.46 bits per heavy atom. The summed E-state index contributed by atoms with van der Waals surface area (Å²) < 4.78 is 6.00. The molecular weight excluding hydrogens is 467 g/mol. The highest BCUT2D eigenvalue weighted by Crippen LogP contribution is 2.17. The Morgan fingerprint density at radius 1 is 1.25 bits per heavy atom. The number of rotatable bonds is 6. The molecule has 1 aliphatic heterocycles. The van der Waals surface area contributed by atoms with E-state index in [9.17, 15) is 4.79 Å². The maximum atomic E-state index is 12.1. The van der Waals surface area contributed by atoms with E-state index in [-0.39, 0.29) is 41.9 Å². The molecule has 2 rings (SSSR count). The number of likely N-dealkylation sites (tertiary alicyclic amines) is 1. The Bertz CT molecular complexity index is 643. The van der Waals surface area contributed by atoms with Gasteiger partial charge in [0.15, 0.2) is 5.96 Å². The minimum Gasteiger partial charge on any atom is -0.489 e. The number of benzene rings is 1. The quantitative estimate of drug-likeness (QED) is 0.357. The highest BCUT2D eigenvalue weighted by molar-refractivity contribution is 14.0. The molecular formula is C21H35IN4O2. The van der Waals surface area contributed by atoms with Gasteiger partial charge >= 0.3 is 0 Å². The number of hydrogen-bond acceptors (Lipinski definition) is 3. The standard InChI is InChI=1S/C21H34N4O2.HI/c1-15(2)20(26)25-12-10-18(11-13-25)24-21(22-5)23-14-17(4)27-19-9-7-6-8-16(19)3;/h6-9,15,17-18H,10-14H2,1-5H3,(H2,22,23,24);1H. The Morgan fingerprint density at radius 2 is 1.89 bits per heavy atom. The number of carbonyl (C=O) groups is 1. The van der Waals surface area contributed by atoms with E-state index in [4.69, 9.17) is 4.74 Å². The van der Waals surface area contributed by atoms with Crippen molar-refractivity contribution in [2.75, 3.05) is 26.7 Å². The van der Waals surface area contributed by atoms with Crippen LogP contribution >= 0.6 is 24.0 Å². The third-order valence-electron chi connectivity index (χ3n) is 4.84. The van der Waals surface area contributed by atoms with E-state index in [0.29, 0.717) is 12.6 Å². The maximum Gasteiger partial charge on any atom is 0.225 e. The second kappa shape index (κ2) is 12.1. The molecule has 1 aromatic rings. The Labute approximate surface area is 186 Å². The lowest BCUT2D eigenvalue weighted by atomic mass is 10.0. The summed E-state index contributed by atoms with van der Waals surface area (Å²) in [6, 6.07) is 8.37. The van der Waals surface area contributed by atoms with E-state index in [1.165, 1.54) is 0 Å². The molecule has 1 saturated heterocycles. The average Bonchev–Trinajstić information content (AvgIpc) is 2.66. The van der Waals surface area contributed by atoms with Gasteiger partial charge in [0.2, 0.25) is 5.91 Å². The molecule has 0 saturated carbocycles. The number of piperidine rings is 1. The van der Waals surface area contributed by atoms with Crippen molar-refractivity contribution >= 4 is 35.8 Å². The van der Waals surface area contributed by atoms with Gasteiger partial charge in [-0.05, 0) is 38.3 Å². The molecule has 6 nitrogen and oxygen atoms in total. The molecule has 1 unspecified atom stereocenters. The smallest absolute Gasteiger partial charge is 0.225 e. The molecule has 158 valence electrons. The first kappa shape index (κ1) is 24.5. The Hall–Kier alpha value is -1.51. The lowest BCUT2D eigenvalue weighted by Gasteiger charge is -2.34. The predicted molar refractivity (Wildman–Crippen MR) is 126 cm³/mol. The largest absolute Gasteiger partial charge is 0.489 e. The number of para-hydroxylation sites is 1. The first-order valence-corrected chi connectivity index (χ1v) is 9.89. The van der Waals surface area contributed by atoms with Crippen LogP contribution in [0.1, 0.15) is 39.2 Å². The minimum absolute atomic E-state index is 0. The lowest BCUT2D eigenvalue weighted by Crippen LogP contribution is -2.51. The second-order valence-electron chi connectivity index (χ2n) is 7.55. The minimum atomic E-state index is 0. The van der Waals surface area contributed by atoms with Crippen LogP contribution in [0.2, 0.25) is 0 Å². The van der Waals surface area contributed by atoms with Gasteiger partial charge in [0.25, 0.3) is 0 Å². The summed E-state index contributed by atoms with van der Waals surface area (Å²) in [6.45, 7) is 10.3. The van der Waals surface area contributed by atoms with Gasteiger partial charge in [0, 0.05) is 32.1 Å². The topological polar surface area (TPSA) is 66.0 Å². The number of aliphatic imine (C=N–C) groups is 1. The predicted octanol–water partition coefficient (Wildman–Crippen LogP) is 3.19. The van der Waals surface area contributed by atoms with E-state index >= 15 is 0 Å². The summed E-state index contributed by atoms with van der Waals surface area (Å²) in [5.41, 5.74) is 1.13. The molecule has 0 spiro atoms. The second-order valence-corrected chi connectivity index (χ2v) is 7.55. The van der Waals surface area contributed by atoms with Crippen molar-refractivity contribution in [2.45, 2.75) is 52.7 Å². The van der Waals surface area contributed by atoms with Gasteiger partial charge < -0.3 is 20.3 Å². The highest BCUT2D eigenvalue weighted by Gasteiger charge is 2.24. The lowest BCUT2D eigenvalue weighted by molar-refractivity contribution is -0.135. The highest BCUT2D eigenvalue weighted by atomic mass is 127. The van der Waals surface area contributed by atoms with Crippen LogP contribution in [0.5, 0.6) is 5.75 Å². The van der Waals surface area contributed by atoms with Gasteiger partial charge in [-0.15, -0.1) is 24.0 Å². The first-order valence-electron chi connectivity index (χ1n) is 9.89. The fourth-order valence-corrected chi connectivity index (χ4v) is 3.18. The van der Waals surface area contributed by atoms with Gasteiger partial charge in [-0.1, -0.05) is 32.0 Å². The molecule has 28 heavy (non-hydrogen) atoms. The molecule has 0 aliphatic carbocycles. The van der Waals surface area contributed by atoms with Crippen LogP contribution in [0, 0.1) is 12.8 Å². The number of carbonyl (C=O) groups excluding carboxylic acids is 1. The van der Waals surface area contributed by atoms with Crippen molar-refractivity contribution in [3.8, 4) is 5.75 Å². The Kier molecular flexibility index (Phi) is 10.6. The number of aryl methyl sites for hydroxylation is 1. The van der Waals surface area contributed by atoms with Crippen molar-refractivity contribution in [3.63, 3.8) is 0 Å². The molecule has 0 bridgehead atoms. The van der Waals surface area contributed by atoms with E-state index in [1.54, 1.807) is 7.05 Å². The maximum absolute atomic E-state index is 12.1. The van der Waals surface area contributed by atoms with Crippen molar-refractivity contribution in [3.05, 3.63) is 29.8 Å². The van der Waals surface area contributed by atoms with Crippen LogP contribution in [0.4, 0.5) is 0 Å². The third kappa shape index (κ3) is 7.48. The van der Waals surface area contributed by atoms with E-state index in [1.807, 2.05) is 56.9 Å². The number of guanidine groups is 1. The summed E-state index contributed by atoms with van der Waals surface area (Å²) in [5.74, 6) is 2.01. The van der Waals surface area contributed by atoms with E-state index in [2.05, 4.69) is 15.6 Å². The molecule has 1 atom stereocenters. The van der Waals surface area contributed by atoms with Crippen molar-refractivity contribution in [1.29, 1.82) is 0 Å². The molecule has 2 N–H and O–H groups in total. The number of ether oxygens (including phenoxy) is 1. The zero-order valence-electron chi connectivity index (χ0n) is 17.7. The number of hydrogen-bond donors (Lipinski definition) is 2. The monoisotopic (exact) mass is 502 g/mol. The van der Waals surface area contributed by atoms with Crippen LogP contribution in [0.15, 0.2) is 29.3 Å². The molecule has 1 aromatic carbocycles. The van der Waals surface area contributed by atoms with E-state index in [0.717, 1.165) is 43.2 Å². The van der Waals surface area contributed by atoms with Crippen LogP contribution < -0.4 is 15.4 Å². The Balaban J connectivity index is 0.00000392. The normalized spacial score (nSPS) is 16.4. The summed E-state index contributed by atoms with van der Waals surface area (Å²) in [6.07, 6.45) is 1.90. The van der Waals surface area contributed by atoms with Crippen LogP contribution in [0.3, 0.4) is 0 Å². The number of amides is 1. The molecule has 7 heteroatoms. The number of nitrogens with zero attached hydrogens (tertiary/aromatic N) is 2. The van der Waals surface area contributed by atoms with E-state index < -0.39 is 0 Å². The molecule has 0 radical (unpaired) electrons.